The summed E-state index contributed by atoms with van der Waals surface area (Å²) in [7, 11) is 2.32. The van der Waals surface area contributed by atoms with Crippen LogP contribution >= 0.6 is 0 Å². The fourth-order valence-corrected chi connectivity index (χ4v) is 3.10. The molecule has 0 bridgehead atoms. The van der Waals surface area contributed by atoms with E-state index in [1.54, 1.807) is 0 Å². The summed E-state index contributed by atoms with van der Waals surface area (Å²) >= 11 is 0. The lowest BCUT2D eigenvalue weighted by Crippen LogP contribution is -2.51. The largest absolute Gasteiger partial charge is 0.313 e. The minimum Gasteiger partial charge on any atom is -0.313 e. The van der Waals surface area contributed by atoms with Crippen LogP contribution in [-0.4, -0.2) is 36.6 Å². The number of nitrogens with one attached hydrogen (secondary N) is 1. The molecule has 0 aromatic rings. The number of hydrogen-bond donors (Lipinski definition) is 1. The molecule has 0 aromatic carbocycles. The van der Waals surface area contributed by atoms with Crippen LogP contribution in [0.2, 0.25) is 0 Å². The first-order valence-corrected chi connectivity index (χ1v) is 7.53. The second kappa shape index (κ2) is 7.38. The van der Waals surface area contributed by atoms with Gasteiger partial charge in [-0.1, -0.05) is 26.7 Å². The van der Waals surface area contributed by atoms with Crippen LogP contribution in [-0.2, 0) is 0 Å². The average molecular weight is 240 g/mol. The quantitative estimate of drug-likeness (QED) is 0.766. The summed E-state index contributed by atoms with van der Waals surface area (Å²) in [5, 5.41) is 3.63. The lowest BCUT2D eigenvalue weighted by molar-refractivity contribution is 0.0879. The Morgan fingerprint density at radius 3 is 2.47 bits per heavy atom. The molecule has 1 fully saturated rings. The Balaban J connectivity index is 2.46. The molecule has 1 saturated carbocycles. The molecule has 0 spiro atoms. The number of rotatable bonds is 6. The Morgan fingerprint density at radius 1 is 1.24 bits per heavy atom. The van der Waals surface area contributed by atoms with Gasteiger partial charge >= 0.3 is 0 Å². The number of nitrogens with zero attached hydrogens (tertiary/aromatic N) is 1. The zero-order valence-electron chi connectivity index (χ0n) is 12.5. The van der Waals surface area contributed by atoms with Gasteiger partial charge in [0.25, 0.3) is 0 Å². The first kappa shape index (κ1) is 15.0. The van der Waals surface area contributed by atoms with Crippen molar-refractivity contribution in [2.75, 3.05) is 13.6 Å². The summed E-state index contributed by atoms with van der Waals surface area (Å²) in [5.74, 6) is 0.870. The molecule has 102 valence electrons. The van der Waals surface area contributed by atoms with Gasteiger partial charge in [-0.3, -0.25) is 4.90 Å². The van der Waals surface area contributed by atoms with Crippen molar-refractivity contribution in [2.45, 2.75) is 77.9 Å². The van der Waals surface area contributed by atoms with Gasteiger partial charge in [-0.15, -0.1) is 0 Å². The van der Waals surface area contributed by atoms with E-state index in [2.05, 4.69) is 45.0 Å². The average Bonchev–Trinajstić information content (AvgIpc) is 2.34. The van der Waals surface area contributed by atoms with Crippen molar-refractivity contribution < 1.29 is 0 Å². The molecular formula is C15H32N2. The van der Waals surface area contributed by atoms with Crippen molar-refractivity contribution >= 4 is 0 Å². The van der Waals surface area contributed by atoms with Crippen LogP contribution < -0.4 is 5.32 Å². The molecule has 2 heteroatoms. The van der Waals surface area contributed by atoms with E-state index in [0.29, 0.717) is 12.1 Å². The van der Waals surface area contributed by atoms with E-state index < -0.39 is 0 Å². The van der Waals surface area contributed by atoms with Crippen LogP contribution in [0.4, 0.5) is 0 Å². The van der Waals surface area contributed by atoms with Gasteiger partial charge in [0.05, 0.1) is 0 Å². The topological polar surface area (TPSA) is 15.3 Å². The lowest BCUT2D eigenvalue weighted by Gasteiger charge is -2.41. The van der Waals surface area contributed by atoms with Crippen LogP contribution in [0.15, 0.2) is 0 Å². The van der Waals surface area contributed by atoms with E-state index in [0.717, 1.165) is 18.5 Å². The molecule has 0 aliphatic heterocycles. The van der Waals surface area contributed by atoms with Gasteiger partial charge < -0.3 is 5.32 Å². The van der Waals surface area contributed by atoms with Gasteiger partial charge in [-0.25, -0.2) is 0 Å². The highest BCUT2D eigenvalue weighted by Gasteiger charge is 2.29. The van der Waals surface area contributed by atoms with Crippen molar-refractivity contribution in [1.82, 2.24) is 10.2 Å². The molecule has 0 aromatic heterocycles. The highest BCUT2D eigenvalue weighted by molar-refractivity contribution is 4.85. The van der Waals surface area contributed by atoms with Crippen LogP contribution in [0.5, 0.6) is 0 Å². The van der Waals surface area contributed by atoms with Crippen molar-refractivity contribution in [3.05, 3.63) is 0 Å². The highest BCUT2D eigenvalue weighted by Crippen LogP contribution is 2.28. The van der Waals surface area contributed by atoms with Crippen molar-refractivity contribution in [1.29, 1.82) is 0 Å². The van der Waals surface area contributed by atoms with Gasteiger partial charge in [0.2, 0.25) is 0 Å². The van der Waals surface area contributed by atoms with Crippen molar-refractivity contribution in [3.8, 4) is 0 Å². The van der Waals surface area contributed by atoms with Gasteiger partial charge in [0, 0.05) is 18.1 Å². The zero-order chi connectivity index (χ0) is 12.8. The molecular weight excluding hydrogens is 208 g/mol. The SMILES string of the molecule is CCCNC(C)C(C)N(C)C1CCCCC1C. The standard InChI is InChI=1S/C15H32N2/c1-6-11-16-13(3)14(4)17(5)15-10-8-7-9-12(15)2/h12-16H,6-11H2,1-5H3. The van der Waals surface area contributed by atoms with Gasteiger partial charge in [-0.05, 0) is 52.6 Å². The second-order valence-corrected chi connectivity index (χ2v) is 5.98. The Hall–Kier alpha value is -0.0800. The number of hydrogen-bond acceptors (Lipinski definition) is 2. The molecule has 0 heterocycles. The summed E-state index contributed by atoms with van der Waals surface area (Å²) in [4.78, 5) is 2.62. The normalized spacial score (nSPS) is 29.3. The zero-order valence-corrected chi connectivity index (χ0v) is 12.5. The van der Waals surface area contributed by atoms with Crippen LogP contribution in [0, 0.1) is 5.92 Å². The fourth-order valence-electron chi connectivity index (χ4n) is 3.10. The van der Waals surface area contributed by atoms with E-state index in [-0.39, 0.29) is 0 Å². The minimum absolute atomic E-state index is 0.592. The lowest BCUT2D eigenvalue weighted by atomic mass is 9.84. The van der Waals surface area contributed by atoms with E-state index in [9.17, 15) is 0 Å². The predicted molar refractivity (Wildman–Crippen MR) is 76.4 cm³/mol. The van der Waals surface area contributed by atoms with Gasteiger partial charge in [-0.2, -0.15) is 0 Å². The van der Waals surface area contributed by atoms with Crippen molar-refractivity contribution in [2.24, 2.45) is 5.92 Å². The van der Waals surface area contributed by atoms with Crippen LogP contribution in [0.1, 0.15) is 59.8 Å². The molecule has 4 atom stereocenters. The monoisotopic (exact) mass is 240 g/mol. The predicted octanol–water partition coefficient (Wildman–Crippen LogP) is 3.27. The smallest absolute Gasteiger partial charge is 0.0218 e. The third-order valence-corrected chi connectivity index (χ3v) is 4.67. The third-order valence-electron chi connectivity index (χ3n) is 4.67. The van der Waals surface area contributed by atoms with E-state index in [1.807, 2.05) is 0 Å². The summed E-state index contributed by atoms with van der Waals surface area (Å²) in [6.07, 6.45) is 6.88. The summed E-state index contributed by atoms with van der Waals surface area (Å²) in [5.41, 5.74) is 0. The first-order valence-electron chi connectivity index (χ1n) is 7.53. The summed E-state index contributed by atoms with van der Waals surface area (Å²) in [6.45, 7) is 10.5. The second-order valence-electron chi connectivity index (χ2n) is 5.98. The molecule has 1 aliphatic carbocycles. The molecule has 0 radical (unpaired) electrons. The molecule has 0 amide bonds. The molecule has 1 aliphatic rings. The molecule has 0 saturated heterocycles. The van der Waals surface area contributed by atoms with E-state index >= 15 is 0 Å². The molecule has 1 N–H and O–H groups in total. The van der Waals surface area contributed by atoms with Crippen LogP contribution in [0.3, 0.4) is 0 Å². The highest BCUT2D eigenvalue weighted by atomic mass is 15.2. The Morgan fingerprint density at radius 2 is 1.88 bits per heavy atom. The van der Waals surface area contributed by atoms with E-state index in [4.69, 9.17) is 0 Å². The molecule has 4 unspecified atom stereocenters. The molecule has 2 nitrogen and oxygen atoms in total. The Bertz CT molecular complexity index is 205. The fraction of sp³-hybridized carbons (Fsp3) is 1.00. The maximum atomic E-state index is 3.63. The maximum absolute atomic E-state index is 3.63. The van der Waals surface area contributed by atoms with Gasteiger partial charge in [0.15, 0.2) is 0 Å². The summed E-state index contributed by atoms with van der Waals surface area (Å²) < 4.78 is 0. The molecule has 1 rings (SSSR count). The maximum Gasteiger partial charge on any atom is 0.0218 e. The van der Waals surface area contributed by atoms with Crippen LogP contribution in [0.25, 0.3) is 0 Å². The van der Waals surface area contributed by atoms with Crippen molar-refractivity contribution in [3.63, 3.8) is 0 Å². The molecule has 17 heavy (non-hydrogen) atoms. The minimum atomic E-state index is 0.592. The number of likely N-dealkylation sites (N-methyl/N-ethyl adjacent to an activating group) is 1. The summed E-state index contributed by atoms with van der Waals surface area (Å²) in [6, 6.07) is 2.02. The van der Waals surface area contributed by atoms with Gasteiger partial charge in [0.1, 0.15) is 0 Å². The third kappa shape index (κ3) is 4.26. The Kier molecular flexibility index (Phi) is 6.50. The Labute approximate surface area is 108 Å². The van der Waals surface area contributed by atoms with E-state index in [1.165, 1.54) is 32.1 Å². The first-order chi connectivity index (χ1) is 8.07.